The average molecular weight is 504 g/mol. The quantitative estimate of drug-likeness (QED) is 0.369. The van der Waals surface area contributed by atoms with Gasteiger partial charge in [0.1, 0.15) is 5.69 Å². The molecule has 0 aliphatic heterocycles. The molecule has 0 saturated heterocycles. The fourth-order valence-electron chi connectivity index (χ4n) is 3.99. The zero-order valence-electron chi connectivity index (χ0n) is 18.0. The highest BCUT2D eigenvalue weighted by atomic mass is 32.2. The number of thioether (sulfide) groups is 1. The number of sulfonamides is 1. The smallest absolute Gasteiger partial charge is 0.238 e. The van der Waals surface area contributed by atoms with E-state index in [0.29, 0.717) is 21.7 Å². The van der Waals surface area contributed by atoms with E-state index in [0.717, 1.165) is 41.9 Å². The molecule has 4 rings (SSSR count). The standard InChI is InChI=1S/C23H25N3O4S3/c1-26(27)23(31)32-18-9-5-8-17(14-18)22-25-20(15-6-3-2-4-7-15)21(30-22)16-10-12-19(13-11-16)33(24,28)29/h2-4,6-7,10-13,17-18,27H,5,8-9,14H2,1H3,(H2,24,28,29). The molecular weight excluding hydrogens is 478 g/mol. The topological polar surface area (TPSA) is 110 Å². The van der Waals surface area contributed by atoms with Crippen LogP contribution in [0.3, 0.4) is 0 Å². The van der Waals surface area contributed by atoms with Gasteiger partial charge in [0, 0.05) is 29.3 Å². The van der Waals surface area contributed by atoms with Crippen LogP contribution in [-0.4, -0.2) is 40.3 Å². The third-order valence-electron chi connectivity index (χ3n) is 5.64. The van der Waals surface area contributed by atoms with Crippen LogP contribution in [0.15, 0.2) is 63.9 Å². The lowest BCUT2D eigenvalue weighted by Crippen LogP contribution is -2.23. The molecule has 1 heterocycles. The number of rotatable bonds is 5. The number of nitrogens with zero attached hydrogens (tertiary/aromatic N) is 2. The van der Waals surface area contributed by atoms with Crippen molar-refractivity contribution in [2.24, 2.45) is 5.14 Å². The Morgan fingerprint density at radius 2 is 1.85 bits per heavy atom. The molecule has 3 N–H and O–H groups in total. The van der Waals surface area contributed by atoms with Gasteiger partial charge in [-0.3, -0.25) is 5.21 Å². The van der Waals surface area contributed by atoms with E-state index in [1.165, 1.54) is 30.9 Å². The van der Waals surface area contributed by atoms with Gasteiger partial charge < -0.3 is 4.42 Å². The second kappa shape index (κ2) is 9.94. The van der Waals surface area contributed by atoms with Gasteiger partial charge in [0.05, 0.1) is 4.90 Å². The molecule has 33 heavy (non-hydrogen) atoms. The fraction of sp³-hybridized carbons (Fsp3) is 0.304. The fourth-order valence-corrected chi connectivity index (χ4v) is 5.96. The summed E-state index contributed by atoms with van der Waals surface area (Å²) >= 11 is 6.76. The van der Waals surface area contributed by atoms with Gasteiger partial charge in [-0.05, 0) is 43.5 Å². The lowest BCUT2D eigenvalue weighted by molar-refractivity contribution is 0.0204. The molecular formula is C23H25N3O4S3. The van der Waals surface area contributed by atoms with E-state index in [-0.39, 0.29) is 16.1 Å². The molecule has 10 heteroatoms. The van der Waals surface area contributed by atoms with E-state index in [9.17, 15) is 13.6 Å². The van der Waals surface area contributed by atoms with Crippen LogP contribution in [0.2, 0.25) is 0 Å². The number of hydroxylamine groups is 2. The summed E-state index contributed by atoms with van der Waals surface area (Å²) in [5.74, 6) is 1.38. The van der Waals surface area contributed by atoms with Crippen LogP contribution in [-0.2, 0) is 10.0 Å². The monoisotopic (exact) mass is 503 g/mol. The Kier molecular flexibility index (Phi) is 7.20. The van der Waals surface area contributed by atoms with Gasteiger partial charge in [0.25, 0.3) is 0 Å². The summed E-state index contributed by atoms with van der Waals surface area (Å²) in [6.07, 6.45) is 3.83. The van der Waals surface area contributed by atoms with Gasteiger partial charge in [0.2, 0.25) is 10.0 Å². The number of thiocarbonyl (C=S) groups is 1. The minimum atomic E-state index is -3.78. The summed E-state index contributed by atoms with van der Waals surface area (Å²) < 4.78 is 30.1. The van der Waals surface area contributed by atoms with Crippen LogP contribution in [0.4, 0.5) is 0 Å². The summed E-state index contributed by atoms with van der Waals surface area (Å²) in [5.41, 5.74) is 2.36. The predicted molar refractivity (Wildman–Crippen MR) is 133 cm³/mol. The van der Waals surface area contributed by atoms with Crippen molar-refractivity contribution in [1.29, 1.82) is 0 Å². The van der Waals surface area contributed by atoms with Crippen LogP contribution in [0, 0.1) is 0 Å². The third kappa shape index (κ3) is 5.64. The number of primary sulfonamides is 1. The molecule has 0 radical (unpaired) electrons. The molecule has 1 aromatic heterocycles. The minimum Gasteiger partial charge on any atom is -0.440 e. The summed E-state index contributed by atoms with van der Waals surface area (Å²) in [6, 6.07) is 16.1. The Bertz CT molecular complexity index is 1230. The zero-order valence-corrected chi connectivity index (χ0v) is 20.5. The third-order valence-corrected chi connectivity index (χ3v) is 8.35. The Morgan fingerprint density at radius 3 is 2.48 bits per heavy atom. The van der Waals surface area contributed by atoms with Crippen molar-refractivity contribution >= 4 is 38.3 Å². The Labute approximate surface area is 203 Å². The van der Waals surface area contributed by atoms with Crippen LogP contribution in [0.1, 0.15) is 37.5 Å². The second-order valence-electron chi connectivity index (χ2n) is 8.06. The summed E-state index contributed by atoms with van der Waals surface area (Å²) in [4.78, 5) is 4.93. The first kappa shape index (κ1) is 23.9. The molecule has 2 atom stereocenters. The maximum Gasteiger partial charge on any atom is 0.238 e. The lowest BCUT2D eigenvalue weighted by Gasteiger charge is -2.27. The molecule has 0 spiro atoms. The number of hydrogen-bond donors (Lipinski definition) is 2. The first-order chi connectivity index (χ1) is 15.7. The summed E-state index contributed by atoms with van der Waals surface area (Å²) in [7, 11) is -2.25. The Hall–Kier alpha value is -2.24. The molecule has 0 bridgehead atoms. The molecule has 174 valence electrons. The minimum absolute atomic E-state index is 0.0456. The number of hydrogen-bond acceptors (Lipinski definition) is 7. The van der Waals surface area contributed by atoms with Gasteiger partial charge in [-0.25, -0.2) is 23.6 Å². The van der Waals surface area contributed by atoms with Gasteiger partial charge in [-0.2, -0.15) is 0 Å². The normalized spacial score (nSPS) is 18.8. The molecule has 2 aromatic carbocycles. The molecule has 7 nitrogen and oxygen atoms in total. The number of benzene rings is 2. The van der Waals surface area contributed by atoms with Crippen molar-refractivity contribution in [1.82, 2.24) is 10.0 Å². The maximum atomic E-state index is 11.6. The average Bonchev–Trinajstić information content (AvgIpc) is 3.25. The highest BCUT2D eigenvalue weighted by molar-refractivity contribution is 8.23. The Balaban J connectivity index is 1.68. The van der Waals surface area contributed by atoms with Crippen molar-refractivity contribution in [2.75, 3.05) is 7.05 Å². The first-order valence-electron chi connectivity index (χ1n) is 10.5. The van der Waals surface area contributed by atoms with E-state index in [1.807, 2.05) is 30.3 Å². The van der Waals surface area contributed by atoms with Crippen molar-refractivity contribution in [2.45, 2.75) is 41.7 Å². The highest BCUT2D eigenvalue weighted by Crippen LogP contribution is 2.42. The van der Waals surface area contributed by atoms with Crippen LogP contribution in [0.5, 0.6) is 0 Å². The van der Waals surface area contributed by atoms with E-state index < -0.39 is 10.0 Å². The number of aromatic nitrogens is 1. The summed E-state index contributed by atoms with van der Waals surface area (Å²) in [6.45, 7) is 0. The molecule has 1 saturated carbocycles. The van der Waals surface area contributed by atoms with Gasteiger partial charge in [-0.1, -0.05) is 60.7 Å². The van der Waals surface area contributed by atoms with Crippen LogP contribution in [0.25, 0.3) is 22.6 Å². The van der Waals surface area contributed by atoms with Crippen LogP contribution < -0.4 is 5.14 Å². The second-order valence-corrected chi connectivity index (χ2v) is 11.6. The zero-order chi connectivity index (χ0) is 23.6. The van der Waals surface area contributed by atoms with Gasteiger partial charge in [0.15, 0.2) is 16.0 Å². The highest BCUT2D eigenvalue weighted by Gasteiger charge is 2.30. The summed E-state index contributed by atoms with van der Waals surface area (Å²) in [5, 5.41) is 16.1. The molecule has 1 aliphatic carbocycles. The van der Waals surface area contributed by atoms with Gasteiger partial charge >= 0.3 is 0 Å². The molecule has 1 aliphatic rings. The van der Waals surface area contributed by atoms with E-state index in [2.05, 4.69) is 0 Å². The van der Waals surface area contributed by atoms with Crippen molar-refractivity contribution in [3.63, 3.8) is 0 Å². The SMILES string of the molecule is CN(O)C(=S)SC1CCCC(c2nc(-c3ccccc3)c(-c3ccc(S(N)(=O)=O)cc3)o2)C1. The Morgan fingerprint density at radius 1 is 1.15 bits per heavy atom. The molecule has 3 aromatic rings. The van der Waals surface area contributed by atoms with Crippen LogP contribution >= 0.6 is 24.0 Å². The molecule has 1 fully saturated rings. The largest absolute Gasteiger partial charge is 0.440 e. The number of nitrogens with two attached hydrogens (primary N) is 1. The van der Waals surface area contributed by atoms with Crippen molar-refractivity contribution in [3.8, 4) is 22.6 Å². The lowest BCUT2D eigenvalue weighted by atomic mass is 9.89. The van der Waals surface area contributed by atoms with E-state index in [4.69, 9.17) is 26.8 Å². The van der Waals surface area contributed by atoms with Crippen molar-refractivity contribution in [3.05, 3.63) is 60.5 Å². The molecule has 0 amide bonds. The maximum absolute atomic E-state index is 11.6. The first-order valence-corrected chi connectivity index (χ1v) is 13.4. The van der Waals surface area contributed by atoms with E-state index in [1.54, 1.807) is 12.1 Å². The van der Waals surface area contributed by atoms with E-state index >= 15 is 0 Å². The number of oxazole rings is 1. The predicted octanol–water partition coefficient (Wildman–Crippen LogP) is 5.02. The van der Waals surface area contributed by atoms with Crippen molar-refractivity contribution < 1.29 is 18.0 Å². The molecule has 2 unspecified atom stereocenters. The van der Waals surface area contributed by atoms with Gasteiger partial charge in [-0.15, -0.1) is 0 Å².